The van der Waals surface area contributed by atoms with Gasteiger partial charge in [0.1, 0.15) is 12.2 Å². The van der Waals surface area contributed by atoms with Gasteiger partial charge in [-0.3, -0.25) is 4.68 Å². The van der Waals surface area contributed by atoms with Crippen molar-refractivity contribution in [1.82, 2.24) is 14.8 Å². The van der Waals surface area contributed by atoms with Crippen molar-refractivity contribution >= 4 is 0 Å². The Balaban J connectivity index is 1.66. The minimum absolute atomic E-state index is 0.326. The van der Waals surface area contributed by atoms with E-state index in [0.717, 1.165) is 38.1 Å². The zero-order valence-electron chi connectivity index (χ0n) is 12.6. The summed E-state index contributed by atoms with van der Waals surface area (Å²) in [7, 11) is 0. The number of fused-ring (bicyclic) bond motifs is 1. The number of hydrogen-bond donors (Lipinski definition) is 1. The molecule has 0 amide bonds. The fourth-order valence-electron chi connectivity index (χ4n) is 3.25. The van der Waals surface area contributed by atoms with Crippen molar-refractivity contribution in [1.29, 1.82) is 0 Å². The number of hydrogen-bond acceptors (Lipinski definition) is 3. The first kappa shape index (κ1) is 14.3. The van der Waals surface area contributed by atoms with Crippen molar-refractivity contribution < 1.29 is 5.11 Å². The van der Waals surface area contributed by atoms with Crippen molar-refractivity contribution in [3.8, 4) is 0 Å². The number of aryl methyl sites for hydroxylation is 2. The van der Waals surface area contributed by atoms with Gasteiger partial charge in [-0.15, -0.1) is 0 Å². The molecule has 2 atom stereocenters. The Kier molecular flexibility index (Phi) is 4.34. The molecule has 112 valence electrons. The van der Waals surface area contributed by atoms with Crippen LogP contribution in [0, 0.1) is 5.92 Å². The first-order valence-corrected chi connectivity index (χ1v) is 7.89. The van der Waals surface area contributed by atoms with Crippen LogP contribution in [0.15, 0.2) is 30.6 Å². The summed E-state index contributed by atoms with van der Waals surface area (Å²) in [5, 5.41) is 14.8. The monoisotopic (exact) mass is 285 g/mol. The quantitative estimate of drug-likeness (QED) is 0.917. The molecule has 0 fully saturated rings. The van der Waals surface area contributed by atoms with Crippen LogP contribution in [0.25, 0.3) is 0 Å². The fraction of sp³-hybridized carbons (Fsp3) is 0.529. The van der Waals surface area contributed by atoms with Gasteiger partial charge < -0.3 is 5.11 Å². The lowest BCUT2D eigenvalue weighted by atomic mass is 9.80. The zero-order chi connectivity index (χ0) is 14.7. The van der Waals surface area contributed by atoms with Crippen molar-refractivity contribution in [2.45, 2.75) is 51.7 Å². The molecular weight excluding hydrogens is 262 g/mol. The van der Waals surface area contributed by atoms with Gasteiger partial charge in [0, 0.05) is 13.0 Å². The van der Waals surface area contributed by atoms with Crippen LogP contribution < -0.4 is 0 Å². The first-order valence-electron chi connectivity index (χ1n) is 7.89. The highest BCUT2D eigenvalue weighted by molar-refractivity contribution is 5.29. The Labute approximate surface area is 125 Å². The van der Waals surface area contributed by atoms with Crippen molar-refractivity contribution in [3.63, 3.8) is 0 Å². The molecule has 4 nitrogen and oxygen atoms in total. The molecule has 0 aliphatic heterocycles. The predicted molar refractivity (Wildman–Crippen MR) is 82.0 cm³/mol. The summed E-state index contributed by atoms with van der Waals surface area (Å²) < 4.78 is 1.92. The molecule has 2 aromatic rings. The highest BCUT2D eigenvalue weighted by Gasteiger charge is 2.26. The van der Waals surface area contributed by atoms with Crippen LogP contribution in [-0.4, -0.2) is 26.0 Å². The third-order valence-electron chi connectivity index (χ3n) is 4.45. The number of nitrogens with zero attached hydrogens (tertiary/aromatic N) is 3. The lowest BCUT2D eigenvalue weighted by Crippen LogP contribution is -2.29. The lowest BCUT2D eigenvalue weighted by molar-refractivity contribution is 0.0962. The van der Waals surface area contributed by atoms with E-state index in [1.54, 1.807) is 6.33 Å². The number of rotatable bonds is 5. The van der Waals surface area contributed by atoms with Crippen molar-refractivity contribution in [2.75, 3.05) is 0 Å². The maximum atomic E-state index is 10.6. The summed E-state index contributed by atoms with van der Waals surface area (Å²) in [5.74, 6) is 1.23. The topological polar surface area (TPSA) is 50.9 Å². The minimum Gasteiger partial charge on any atom is -0.392 e. The lowest BCUT2D eigenvalue weighted by Gasteiger charge is -2.28. The molecule has 1 aliphatic carbocycles. The Morgan fingerprint density at radius 1 is 1.33 bits per heavy atom. The molecule has 1 aromatic heterocycles. The molecule has 21 heavy (non-hydrogen) atoms. The summed E-state index contributed by atoms with van der Waals surface area (Å²) >= 11 is 0. The molecule has 4 heteroatoms. The smallest absolute Gasteiger partial charge is 0.138 e. The minimum atomic E-state index is -0.335. The Hall–Kier alpha value is -1.68. The van der Waals surface area contributed by atoms with Gasteiger partial charge in [-0.1, -0.05) is 31.2 Å². The molecule has 1 aromatic carbocycles. The van der Waals surface area contributed by atoms with Gasteiger partial charge in [0.05, 0.1) is 6.10 Å². The van der Waals surface area contributed by atoms with E-state index in [4.69, 9.17) is 0 Å². The SMILES string of the molecule is CCCn1ncnc1CC(O)C1CCc2ccccc2C1. The van der Waals surface area contributed by atoms with E-state index in [1.807, 2.05) is 4.68 Å². The van der Waals surface area contributed by atoms with Crippen molar-refractivity contribution in [2.24, 2.45) is 5.92 Å². The number of aromatic nitrogens is 3. The highest BCUT2D eigenvalue weighted by atomic mass is 16.3. The molecule has 0 saturated heterocycles. The van der Waals surface area contributed by atoms with Gasteiger partial charge in [0.15, 0.2) is 0 Å². The van der Waals surface area contributed by atoms with Gasteiger partial charge in [-0.2, -0.15) is 5.10 Å². The predicted octanol–water partition coefficient (Wildman–Crippen LogP) is 2.40. The van der Waals surface area contributed by atoms with E-state index in [9.17, 15) is 5.11 Å². The average Bonchev–Trinajstić information content (AvgIpc) is 2.94. The van der Waals surface area contributed by atoms with Gasteiger partial charge in [-0.25, -0.2) is 4.98 Å². The second-order valence-corrected chi connectivity index (χ2v) is 5.94. The van der Waals surface area contributed by atoms with E-state index < -0.39 is 0 Å². The van der Waals surface area contributed by atoms with Crippen LogP contribution >= 0.6 is 0 Å². The van der Waals surface area contributed by atoms with Crippen LogP contribution in [0.2, 0.25) is 0 Å². The molecule has 1 aliphatic rings. The molecule has 3 rings (SSSR count). The molecule has 1 heterocycles. The molecule has 0 bridgehead atoms. The second-order valence-electron chi connectivity index (χ2n) is 5.94. The maximum Gasteiger partial charge on any atom is 0.138 e. The van der Waals surface area contributed by atoms with E-state index >= 15 is 0 Å². The number of aliphatic hydroxyl groups excluding tert-OH is 1. The summed E-state index contributed by atoms with van der Waals surface area (Å²) in [6.45, 7) is 3.00. The average molecular weight is 285 g/mol. The van der Waals surface area contributed by atoms with Gasteiger partial charge in [0.25, 0.3) is 0 Å². The zero-order valence-corrected chi connectivity index (χ0v) is 12.6. The van der Waals surface area contributed by atoms with Crippen LogP contribution in [0.3, 0.4) is 0 Å². The fourth-order valence-corrected chi connectivity index (χ4v) is 3.25. The number of aliphatic hydroxyl groups is 1. The molecule has 1 N–H and O–H groups in total. The Bertz CT molecular complexity index is 593. The highest BCUT2D eigenvalue weighted by Crippen LogP contribution is 2.28. The largest absolute Gasteiger partial charge is 0.392 e. The van der Waals surface area contributed by atoms with Gasteiger partial charge in [0.2, 0.25) is 0 Å². The Morgan fingerprint density at radius 3 is 2.95 bits per heavy atom. The second kappa shape index (κ2) is 6.39. The summed E-state index contributed by atoms with van der Waals surface area (Å²) in [6.07, 6.45) is 5.99. The third-order valence-corrected chi connectivity index (χ3v) is 4.45. The van der Waals surface area contributed by atoms with Crippen molar-refractivity contribution in [3.05, 3.63) is 47.5 Å². The summed E-state index contributed by atoms with van der Waals surface area (Å²) in [5.41, 5.74) is 2.83. The Morgan fingerprint density at radius 2 is 2.14 bits per heavy atom. The number of benzene rings is 1. The van der Waals surface area contributed by atoms with E-state index in [0.29, 0.717) is 12.3 Å². The standard InChI is InChI=1S/C17H23N3O/c1-2-9-20-17(18-12-19-20)11-16(21)15-8-7-13-5-3-4-6-14(13)10-15/h3-6,12,15-16,21H,2,7-11H2,1H3. The van der Waals surface area contributed by atoms with Gasteiger partial charge in [-0.05, 0) is 42.7 Å². The molecular formula is C17H23N3O. The molecule has 0 spiro atoms. The van der Waals surface area contributed by atoms with Crippen LogP contribution in [0.5, 0.6) is 0 Å². The third kappa shape index (κ3) is 3.16. The molecule has 2 unspecified atom stereocenters. The summed E-state index contributed by atoms with van der Waals surface area (Å²) in [6, 6.07) is 8.58. The van der Waals surface area contributed by atoms with Crippen LogP contribution in [0.4, 0.5) is 0 Å². The van der Waals surface area contributed by atoms with Gasteiger partial charge >= 0.3 is 0 Å². The molecule has 0 radical (unpaired) electrons. The normalized spacial score (nSPS) is 19.2. The van der Waals surface area contributed by atoms with E-state index in [1.165, 1.54) is 11.1 Å². The van der Waals surface area contributed by atoms with Crippen LogP contribution in [-0.2, 0) is 25.8 Å². The van der Waals surface area contributed by atoms with E-state index in [-0.39, 0.29) is 6.10 Å². The first-order chi connectivity index (χ1) is 10.3. The van der Waals surface area contributed by atoms with Crippen LogP contribution in [0.1, 0.15) is 36.7 Å². The maximum absolute atomic E-state index is 10.6. The van der Waals surface area contributed by atoms with E-state index in [2.05, 4.69) is 41.3 Å². The summed E-state index contributed by atoms with van der Waals surface area (Å²) in [4.78, 5) is 4.31. The molecule has 0 saturated carbocycles.